The van der Waals surface area contributed by atoms with E-state index in [0.717, 1.165) is 51.2 Å². The van der Waals surface area contributed by atoms with Crippen molar-refractivity contribution in [2.45, 2.75) is 43.6 Å². The van der Waals surface area contributed by atoms with Crippen molar-refractivity contribution in [3.05, 3.63) is 83.6 Å². The maximum absolute atomic E-state index is 5.31. The SMILES string of the molecule is C1=C2NC(=NCC(c3ccccc3)c3ccccc3)C3(CCNCC3)N=C2CCC1. The molecule has 154 valence electrons. The molecule has 4 nitrogen and oxygen atoms in total. The van der Waals surface area contributed by atoms with Crippen LogP contribution in [0.25, 0.3) is 0 Å². The molecule has 1 fully saturated rings. The monoisotopic (exact) mass is 398 g/mol. The van der Waals surface area contributed by atoms with Crippen LogP contribution in [-0.2, 0) is 0 Å². The molecular weight excluding hydrogens is 368 g/mol. The molecule has 1 saturated heterocycles. The largest absolute Gasteiger partial charge is 0.341 e. The van der Waals surface area contributed by atoms with E-state index in [0.29, 0.717) is 0 Å². The lowest BCUT2D eigenvalue weighted by Gasteiger charge is -2.41. The van der Waals surface area contributed by atoms with Gasteiger partial charge < -0.3 is 10.6 Å². The van der Waals surface area contributed by atoms with Gasteiger partial charge in [-0.15, -0.1) is 0 Å². The molecule has 1 spiro atoms. The van der Waals surface area contributed by atoms with Crippen LogP contribution in [0.4, 0.5) is 0 Å². The number of allylic oxidation sites excluding steroid dienone is 2. The summed E-state index contributed by atoms with van der Waals surface area (Å²) in [6, 6.07) is 21.5. The number of piperidine rings is 1. The molecule has 0 radical (unpaired) electrons. The Morgan fingerprint density at radius 1 is 0.933 bits per heavy atom. The van der Waals surface area contributed by atoms with Gasteiger partial charge >= 0.3 is 0 Å². The predicted molar refractivity (Wildman–Crippen MR) is 124 cm³/mol. The van der Waals surface area contributed by atoms with Gasteiger partial charge in [-0.3, -0.25) is 9.98 Å². The highest BCUT2D eigenvalue weighted by Crippen LogP contribution is 2.32. The van der Waals surface area contributed by atoms with Gasteiger partial charge in [-0.25, -0.2) is 0 Å². The van der Waals surface area contributed by atoms with Crippen molar-refractivity contribution in [1.82, 2.24) is 10.6 Å². The van der Waals surface area contributed by atoms with Gasteiger partial charge in [0.05, 0.1) is 18.0 Å². The minimum Gasteiger partial charge on any atom is -0.341 e. The molecule has 5 rings (SSSR count). The Kier molecular flexibility index (Phi) is 5.50. The number of benzene rings is 2. The molecule has 0 bridgehead atoms. The van der Waals surface area contributed by atoms with Crippen molar-refractivity contribution >= 4 is 11.5 Å². The summed E-state index contributed by atoms with van der Waals surface area (Å²) < 4.78 is 0. The van der Waals surface area contributed by atoms with E-state index in [9.17, 15) is 0 Å². The summed E-state index contributed by atoms with van der Waals surface area (Å²) in [4.78, 5) is 10.5. The Balaban J connectivity index is 1.50. The van der Waals surface area contributed by atoms with Gasteiger partial charge in [0.2, 0.25) is 0 Å². The maximum Gasteiger partial charge on any atom is 0.129 e. The molecule has 0 saturated carbocycles. The Morgan fingerprint density at radius 3 is 2.27 bits per heavy atom. The first-order valence-electron chi connectivity index (χ1n) is 11.3. The zero-order chi connectivity index (χ0) is 20.2. The number of amidine groups is 1. The van der Waals surface area contributed by atoms with Crippen molar-refractivity contribution in [3.63, 3.8) is 0 Å². The summed E-state index contributed by atoms with van der Waals surface area (Å²) in [5.41, 5.74) is 4.88. The van der Waals surface area contributed by atoms with Crippen LogP contribution in [0.2, 0.25) is 0 Å². The van der Waals surface area contributed by atoms with Gasteiger partial charge in [-0.2, -0.15) is 0 Å². The third kappa shape index (κ3) is 3.84. The molecule has 30 heavy (non-hydrogen) atoms. The van der Waals surface area contributed by atoms with Crippen LogP contribution in [0.1, 0.15) is 49.1 Å². The summed E-state index contributed by atoms with van der Waals surface area (Å²) in [5, 5.41) is 7.23. The Morgan fingerprint density at radius 2 is 1.60 bits per heavy atom. The fraction of sp³-hybridized carbons (Fsp3) is 0.385. The van der Waals surface area contributed by atoms with E-state index in [1.807, 2.05) is 0 Å². The first kappa shape index (κ1) is 19.3. The molecule has 0 aromatic heterocycles. The van der Waals surface area contributed by atoms with Crippen molar-refractivity contribution in [1.29, 1.82) is 0 Å². The highest BCUT2D eigenvalue weighted by Gasteiger charge is 2.41. The maximum atomic E-state index is 5.31. The van der Waals surface area contributed by atoms with E-state index in [4.69, 9.17) is 9.98 Å². The average molecular weight is 399 g/mol. The molecule has 0 atom stereocenters. The number of aliphatic imine (C=N–C) groups is 2. The summed E-state index contributed by atoms with van der Waals surface area (Å²) in [5.74, 6) is 1.31. The minimum absolute atomic E-state index is 0.187. The van der Waals surface area contributed by atoms with Gasteiger partial charge in [0.1, 0.15) is 11.4 Å². The smallest absolute Gasteiger partial charge is 0.129 e. The molecule has 0 amide bonds. The molecular formula is C26H30N4. The molecule has 4 heteroatoms. The van der Waals surface area contributed by atoms with Crippen molar-refractivity contribution in [2.24, 2.45) is 9.98 Å². The van der Waals surface area contributed by atoms with Crippen LogP contribution in [0.3, 0.4) is 0 Å². The van der Waals surface area contributed by atoms with Crippen LogP contribution in [0.5, 0.6) is 0 Å². The third-order valence-corrected chi connectivity index (χ3v) is 6.59. The first-order chi connectivity index (χ1) is 14.8. The van der Waals surface area contributed by atoms with E-state index in [1.165, 1.54) is 29.0 Å². The minimum atomic E-state index is -0.187. The lowest BCUT2D eigenvalue weighted by Crippen LogP contribution is -2.56. The number of hydrogen-bond donors (Lipinski definition) is 2. The van der Waals surface area contributed by atoms with Gasteiger partial charge in [-0.1, -0.05) is 66.7 Å². The second-order valence-corrected chi connectivity index (χ2v) is 8.54. The van der Waals surface area contributed by atoms with E-state index in [-0.39, 0.29) is 11.5 Å². The van der Waals surface area contributed by atoms with Crippen LogP contribution < -0.4 is 10.6 Å². The summed E-state index contributed by atoms with van der Waals surface area (Å²) in [7, 11) is 0. The molecule has 2 N–H and O–H groups in total. The Labute approximate surface area is 179 Å². The van der Waals surface area contributed by atoms with Gasteiger partial charge in [0, 0.05) is 5.92 Å². The molecule has 0 unspecified atom stereocenters. The number of fused-ring (bicyclic) bond motifs is 1. The normalized spacial score (nSPS) is 21.7. The number of nitrogens with zero attached hydrogens (tertiary/aromatic N) is 2. The van der Waals surface area contributed by atoms with E-state index >= 15 is 0 Å². The van der Waals surface area contributed by atoms with Crippen LogP contribution >= 0.6 is 0 Å². The lowest BCUT2D eigenvalue weighted by molar-refractivity contribution is 0.388. The summed E-state index contributed by atoms with van der Waals surface area (Å²) in [6.45, 7) is 2.72. The first-order valence-corrected chi connectivity index (χ1v) is 11.3. The number of nitrogens with one attached hydrogen (secondary N) is 2. The number of rotatable bonds is 4. The quantitative estimate of drug-likeness (QED) is 0.799. The van der Waals surface area contributed by atoms with E-state index in [1.54, 1.807) is 0 Å². The highest BCUT2D eigenvalue weighted by molar-refractivity contribution is 6.11. The summed E-state index contributed by atoms with van der Waals surface area (Å²) >= 11 is 0. The summed E-state index contributed by atoms with van der Waals surface area (Å²) in [6.07, 6.45) is 7.73. The molecule has 1 aliphatic carbocycles. The highest BCUT2D eigenvalue weighted by atomic mass is 15.1. The van der Waals surface area contributed by atoms with E-state index in [2.05, 4.69) is 77.4 Å². The van der Waals surface area contributed by atoms with Gasteiger partial charge in [-0.05, 0) is 56.3 Å². The van der Waals surface area contributed by atoms with Crippen molar-refractivity contribution < 1.29 is 0 Å². The second kappa shape index (κ2) is 8.57. The lowest BCUT2D eigenvalue weighted by atomic mass is 9.84. The molecule has 2 aromatic rings. The second-order valence-electron chi connectivity index (χ2n) is 8.54. The van der Waals surface area contributed by atoms with E-state index < -0.39 is 0 Å². The topological polar surface area (TPSA) is 48.8 Å². The van der Waals surface area contributed by atoms with Crippen LogP contribution in [-0.4, -0.2) is 36.7 Å². The molecule has 2 aromatic carbocycles. The zero-order valence-electron chi connectivity index (χ0n) is 17.5. The predicted octanol–water partition coefficient (Wildman–Crippen LogP) is 4.45. The van der Waals surface area contributed by atoms with Gasteiger partial charge in [0.25, 0.3) is 0 Å². The van der Waals surface area contributed by atoms with Crippen molar-refractivity contribution in [2.75, 3.05) is 19.6 Å². The van der Waals surface area contributed by atoms with Crippen LogP contribution in [0.15, 0.2) is 82.4 Å². The fourth-order valence-corrected chi connectivity index (χ4v) is 4.90. The molecule has 3 aliphatic rings. The van der Waals surface area contributed by atoms with Crippen molar-refractivity contribution in [3.8, 4) is 0 Å². The molecule has 2 heterocycles. The molecule has 2 aliphatic heterocycles. The van der Waals surface area contributed by atoms with Gasteiger partial charge in [0.15, 0.2) is 0 Å². The van der Waals surface area contributed by atoms with Crippen LogP contribution in [0, 0.1) is 0 Å². The average Bonchev–Trinajstić information content (AvgIpc) is 2.81. The zero-order valence-corrected chi connectivity index (χ0v) is 17.5. The fourth-order valence-electron chi connectivity index (χ4n) is 4.90. The number of hydrogen-bond acceptors (Lipinski definition) is 3. The Hall–Kier alpha value is -2.72. The standard InChI is InChI=1S/C26H30N4/c1-3-9-20(10-4-1)22(21-11-5-2-6-12-21)19-28-25-26(15-17-27-18-16-26)30-24-14-8-7-13-23(24)29-25/h1-6,9-13,22,27H,7-8,14-19H2,(H,28,29). The third-order valence-electron chi connectivity index (χ3n) is 6.59. The Bertz CT molecular complexity index is 914.